The van der Waals surface area contributed by atoms with E-state index in [2.05, 4.69) is 5.32 Å². The quantitative estimate of drug-likeness (QED) is 0.636. The van der Waals surface area contributed by atoms with Gasteiger partial charge in [-0.15, -0.1) is 0 Å². The SMILES string of the molecule is CC(=O)Oc1ccccc1CC(NC(=O)OC(C)(C)C)C(=O)O. The smallest absolute Gasteiger partial charge is 0.408 e. The molecule has 1 aromatic rings. The van der Waals surface area contributed by atoms with Gasteiger partial charge in [0.05, 0.1) is 0 Å². The molecule has 0 spiro atoms. The van der Waals surface area contributed by atoms with Crippen molar-refractivity contribution in [2.45, 2.75) is 45.8 Å². The first kappa shape index (κ1) is 18.5. The molecule has 0 aromatic heterocycles. The number of ether oxygens (including phenoxy) is 2. The Hall–Kier alpha value is -2.57. The Labute approximate surface area is 134 Å². The number of esters is 1. The van der Waals surface area contributed by atoms with Crippen LogP contribution in [0.4, 0.5) is 4.79 Å². The van der Waals surface area contributed by atoms with E-state index in [0.29, 0.717) is 5.56 Å². The zero-order chi connectivity index (χ0) is 17.6. The number of nitrogens with one attached hydrogen (secondary N) is 1. The van der Waals surface area contributed by atoms with E-state index in [1.807, 2.05) is 0 Å². The third-order valence-corrected chi connectivity index (χ3v) is 2.64. The van der Waals surface area contributed by atoms with Crippen LogP contribution in [0.2, 0.25) is 0 Å². The monoisotopic (exact) mass is 323 g/mol. The van der Waals surface area contributed by atoms with Crippen molar-refractivity contribution in [2.24, 2.45) is 0 Å². The number of carboxylic acids is 1. The molecule has 7 nitrogen and oxygen atoms in total. The molecule has 2 N–H and O–H groups in total. The van der Waals surface area contributed by atoms with E-state index < -0.39 is 29.7 Å². The van der Waals surface area contributed by atoms with Crippen molar-refractivity contribution < 1.29 is 29.0 Å². The second kappa shape index (κ2) is 7.62. The van der Waals surface area contributed by atoms with Crippen LogP contribution in [0.1, 0.15) is 33.3 Å². The van der Waals surface area contributed by atoms with Gasteiger partial charge in [-0.2, -0.15) is 0 Å². The molecule has 23 heavy (non-hydrogen) atoms. The fourth-order valence-corrected chi connectivity index (χ4v) is 1.80. The standard InChI is InChI=1S/C16H21NO6/c1-10(18)22-13-8-6-5-7-11(13)9-12(14(19)20)17-15(21)23-16(2,3)4/h5-8,12H,9H2,1-4H3,(H,17,21)(H,19,20). The van der Waals surface area contributed by atoms with Crippen LogP contribution in [0.5, 0.6) is 5.75 Å². The number of carbonyl (C=O) groups is 3. The van der Waals surface area contributed by atoms with Gasteiger partial charge in [-0.25, -0.2) is 9.59 Å². The first-order valence-electron chi connectivity index (χ1n) is 7.07. The number of hydrogen-bond donors (Lipinski definition) is 2. The highest BCUT2D eigenvalue weighted by Crippen LogP contribution is 2.20. The minimum atomic E-state index is -1.21. The van der Waals surface area contributed by atoms with Gasteiger partial charge < -0.3 is 19.9 Å². The van der Waals surface area contributed by atoms with E-state index in [-0.39, 0.29) is 12.2 Å². The van der Waals surface area contributed by atoms with Gasteiger partial charge in [-0.3, -0.25) is 4.79 Å². The maximum absolute atomic E-state index is 11.7. The average Bonchev–Trinajstić information content (AvgIpc) is 2.37. The number of carbonyl (C=O) groups excluding carboxylic acids is 2. The molecule has 1 unspecified atom stereocenters. The number of alkyl carbamates (subject to hydrolysis) is 1. The van der Waals surface area contributed by atoms with Gasteiger partial charge in [0.25, 0.3) is 0 Å². The summed E-state index contributed by atoms with van der Waals surface area (Å²) in [7, 11) is 0. The Morgan fingerprint density at radius 1 is 1.22 bits per heavy atom. The van der Waals surface area contributed by atoms with Crippen molar-refractivity contribution in [3.05, 3.63) is 29.8 Å². The molecule has 0 fully saturated rings. The van der Waals surface area contributed by atoms with Crippen LogP contribution in [0.15, 0.2) is 24.3 Å². The van der Waals surface area contributed by atoms with E-state index in [9.17, 15) is 19.5 Å². The summed E-state index contributed by atoms with van der Waals surface area (Å²) in [5.74, 6) is -1.46. The Kier molecular flexibility index (Phi) is 6.12. The van der Waals surface area contributed by atoms with E-state index >= 15 is 0 Å². The fraction of sp³-hybridized carbons (Fsp3) is 0.438. The number of benzene rings is 1. The summed E-state index contributed by atoms with van der Waals surface area (Å²) in [5.41, 5.74) is -0.242. The molecule has 1 rings (SSSR count). The predicted octanol–water partition coefficient (Wildman–Crippen LogP) is 2.13. The number of para-hydroxylation sites is 1. The highest BCUT2D eigenvalue weighted by Gasteiger charge is 2.25. The minimum absolute atomic E-state index is 0.0436. The molecule has 7 heteroatoms. The fourth-order valence-electron chi connectivity index (χ4n) is 1.80. The van der Waals surface area contributed by atoms with Crippen LogP contribution in [0, 0.1) is 0 Å². The summed E-state index contributed by atoms with van der Waals surface area (Å²) in [6.07, 6.45) is -0.868. The summed E-state index contributed by atoms with van der Waals surface area (Å²) < 4.78 is 10.1. The Morgan fingerprint density at radius 3 is 2.35 bits per heavy atom. The second-order valence-corrected chi connectivity index (χ2v) is 5.94. The van der Waals surface area contributed by atoms with Crippen molar-refractivity contribution in [3.63, 3.8) is 0 Å². The number of carboxylic acid groups (broad SMARTS) is 1. The lowest BCUT2D eigenvalue weighted by molar-refractivity contribution is -0.139. The Bertz CT molecular complexity index is 590. The minimum Gasteiger partial charge on any atom is -0.480 e. The highest BCUT2D eigenvalue weighted by atomic mass is 16.6. The lowest BCUT2D eigenvalue weighted by atomic mass is 10.1. The van der Waals surface area contributed by atoms with E-state index in [4.69, 9.17) is 9.47 Å². The van der Waals surface area contributed by atoms with Crippen LogP contribution in [0.3, 0.4) is 0 Å². The van der Waals surface area contributed by atoms with Crippen LogP contribution in [0.25, 0.3) is 0 Å². The Morgan fingerprint density at radius 2 is 1.83 bits per heavy atom. The van der Waals surface area contributed by atoms with Gasteiger partial charge >= 0.3 is 18.0 Å². The van der Waals surface area contributed by atoms with Gasteiger partial charge in [-0.05, 0) is 32.4 Å². The summed E-state index contributed by atoms with van der Waals surface area (Å²) in [6.45, 7) is 6.29. The molecule has 0 aliphatic rings. The Balaban J connectivity index is 2.87. The number of rotatable bonds is 5. The zero-order valence-corrected chi connectivity index (χ0v) is 13.6. The van der Waals surface area contributed by atoms with Gasteiger partial charge in [0, 0.05) is 13.3 Å². The van der Waals surface area contributed by atoms with Crippen molar-refractivity contribution in [3.8, 4) is 5.75 Å². The second-order valence-electron chi connectivity index (χ2n) is 5.94. The first-order chi connectivity index (χ1) is 10.6. The van der Waals surface area contributed by atoms with E-state index in [1.165, 1.54) is 6.92 Å². The topological polar surface area (TPSA) is 102 Å². The van der Waals surface area contributed by atoms with Crippen molar-refractivity contribution >= 4 is 18.0 Å². The van der Waals surface area contributed by atoms with Gasteiger partial charge in [0.2, 0.25) is 0 Å². The molecule has 126 valence electrons. The number of hydrogen-bond acceptors (Lipinski definition) is 5. The van der Waals surface area contributed by atoms with Crippen molar-refractivity contribution in [1.82, 2.24) is 5.32 Å². The summed E-state index contributed by atoms with van der Waals surface area (Å²) in [4.78, 5) is 34.2. The molecular formula is C16H21NO6. The van der Waals surface area contributed by atoms with Crippen molar-refractivity contribution in [1.29, 1.82) is 0 Å². The van der Waals surface area contributed by atoms with Crippen LogP contribution < -0.4 is 10.1 Å². The zero-order valence-electron chi connectivity index (χ0n) is 13.6. The maximum atomic E-state index is 11.7. The average molecular weight is 323 g/mol. The van der Waals surface area contributed by atoms with Gasteiger partial charge in [0.15, 0.2) is 0 Å². The summed E-state index contributed by atoms with van der Waals surface area (Å²) in [5, 5.41) is 11.6. The van der Waals surface area contributed by atoms with Crippen molar-refractivity contribution in [2.75, 3.05) is 0 Å². The van der Waals surface area contributed by atoms with Crippen LogP contribution in [-0.4, -0.2) is 34.8 Å². The van der Waals surface area contributed by atoms with E-state index in [1.54, 1.807) is 45.0 Å². The molecule has 1 amide bonds. The molecule has 1 aromatic carbocycles. The summed E-state index contributed by atoms with van der Waals surface area (Å²) in [6, 6.07) is 5.34. The lowest BCUT2D eigenvalue weighted by Crippen LogP contribution is -2.44. The molecule has 0 heterocycles. The van der Waals surface area contributed by atoms with Gasteiger partial charge in [0.1, 0.15) is 17.4 Å². The molecule has 0 aliphatic heterocycles. The molecular weight excluding hydrogens is 302 g/mol. The summed E-state index contributed by atoms with van der Waals surface area (Å²) >= 11 is 0. The molecule has 0 radical (unpaired) electrons. The molecule has 0 aliphatic carbocycles. The third-order valence-electron chi connectivity index (χ3n) is 2.64. The normalized spacial score (nSPS) is 12.2. The predicted molar refractivity (Wildman–Crippen MR) is 82.2 cm³/mol. The lowest BCUT2D eigenvalue weighted by Gasteiger charge is -2.22. The molecule has 0 saturated heterocycles. The molecule has 1 atom stereocenters. The van der Waals surface area contributed by atoms with Crippen LogP contribution >= 0.6 is 0 Å². The third kappa shape index (κ3) is 6.82. The van der Waals surface area contributed by atoms with Crippen LogP contribution in [-0.2, 0) is 20.7 Å². The number of amides is 1. The first-order valence-corrected chi connectivity index (χ1v) is 7.07. The number of aliphatic carboxylic acids is 1. The highest BCUT2D eigenvalue weighted by molar-refractivity contribution is 5.80. The maximum Gasteiger partial charge on any atom is 0.408 e. The van der Waals surface area contributed by atoms with E-state index in [0.717, 1.165) is 0 Å². The molecule has 0 saturated carbocycles. The molecule has 0 bridgehead atoms. The van der Waals surface area contributed by atoms with Gasteiger partial charge in [-0.1, -0.05) is 18.2 Å². The largest absolute Gasteiger partial charge is 0.480 e.